The summed E-state index contributed by atoms with van der Waals surface area (Å²) in [5.74, 6) is -0.899. The molecule has 0 spiro atoms. The molecule has 1 aliphatic rings. The summed E-state index contributed by atoms with van der Waals surface area (Å²) >= 11 is 0. The van der Waals surface area contributed by atoms with Crippen LogP contribution in [0, 0.1) is 0 Å². The monoisotopic (exact) mass is 345 g/mol. The standard InChI is InChI=1S/C16H15N3O6/c1-24-13-7-9(15(20)21)12(8-14(13)25-2)18-16(22)17-10-5-3-4-6-11(10)19(18)23/h3-8,23H,1-2H3,(H,17,22)(H,20,21). The molecule has 0 aliphatic carbocycles. The van der Waals surface area contributed by atoms with Crippen molar-refractivity contribution in [2.24, 2.45) is 0 Å². The van der Waals surface area contributed by atoms with Crippen LogP contribution in [-0.4, -0.2) is 36.5 Å². The summed E-state index contributed by atoms with van der Waals surface area (Å²) in [5, 5.41) is 23.9. The first-order valence-electron chi connectivity index (χ1n) is 7.16. The molecule has 3 rings (SSSR count). The molecule has 3 N–H and O–H groups in total. The Kier molecular flexibility index (Phi) is 4.07. The average Bonchev–Trinajstić information content (AvgIpc) is 2.61. The van der Waals surface area contributed by atoms with Crippen LogP contribution in [0.25, 0.3) is 0 Å². The molecule has 0 atom stereocenters. The molecular weight excluding hydrogens is 330 g/mol. The number of aromatic carboxylic acids is 1. The molecule has 2 aromatic carbocycles. The van der Waals surface area contributed by atoms with Crippen molar-refractivity contribution in [2.75, 3.05) is 29.7 Å². The number of para-hydroxylation sites is 2. The number of hydrogen-bond donors (Lipinski definition) is 3. The normalized spacial score (nSPS) is 13.2. The van der Waals surface area contributed by atoms with Crippen LogP contribution < -0.4 is 25.0 Å². The number of carbonyl (C=O) groups is 2. The van der Waals surface area contributed by atoms with Crippen molar-refractivity contribution in [3.63, 3.8) is 0 Å². The second-order valence-electron chi connectivity index (χ2n) is 5.08. The Bertz CT molecular complexity index is 854. The van der Waals surface area contributed by atoms with Gasteiger partial charge in [-0.2, -0.15) is 10.2 Å². The highest BCUT2D eigenvalue weighted by Crippen LogP contribution is 2.39. The number of carboxylic acid groups (broad SMARTS) is 1. The molecule has 9 nitrogen and oxygen atoms in total. The molecule has 1 heterocycles. The van der Waals surface area contributed by atoms with Gasteiger partial charge in [-0.05, 0) is 12.1 Å². The van der Waals surface area contributed by atoms with E-state index in [2.05, 4.69) is 5.32 Å². The maximum atomic E-state index is 12.4. The summed E-state index contributed by atoms with van der Waals surface area (Å²) in [6.07, 6.45) is 0. The Balaban J connectivity index is 2.18. The first-order valence-corrected chi connectivity index (χ1v) is 7.16. The van der Waals surface area contributed by atoms with Crippen LogP contribution in [-0.2, 0) is 0 Å². The Hall–Kier alpha value is -3.46. The molecule has 9 heteroatoms. The Morgan fingerprint density at radius 2 is 1.72 bits per heavy atom. The molecule has 0 aromatic heterocycles. The van der Waals surface area contributed by atoms with E-state index in [1.165, 1.54) is 26.4 Å². The fourth-order valence-corrected chi connectivity index (χ4v) is 2.54. The Labute approximate surface area is 142 Å². The van der Waals surface area contributed by atoms with E-state index in [0.717, 1.165) is 5.01 Å². The zero-order valence-corrected chi connectivity index (χ0v) is 13.4. The number of ether oxygens (including phenoxy) is 2. The lowest BCUT2D eigenvalue weighted by Gasteiger charge is -2.36. The van der Waals surface area contributed by atoms with Crippen LogP contribution in [0.4, 0.5) is 21.9 Å². The van der Waals surface area contributed by atoms with Crippen LogP contribution in [0.15, 0.2) is 36.4 Å². The average molecular weight is 345 g/mol. The van der Waals surface area contributed by atoms with Crippen molar-refractivity contribution in [2.45, 2.75) is 0 Å². The maximum absolute atomic E-state index is 12.4. The third kappa shape index (κ3) is 2.66. The van der Waals surface area contributed by atoms with E-state index in [1.54, 1.807) is 24.3 Å². The van der Waals surface area contributed by atoms with E-state index in [4.69, 9.17) is 9.47 Å². The van der Waals surface area contributed by atoms with Crippen molar-refractivity contribution in [1.82, 2.24) is 0 Å². The predicted molar refractivity (Wildman–Crippen MR) is 88.7 cm³/mol. The molecule has 0 fully saturated rings. The lowest BCUT2D eigenvalue weighted by molar-refractivity contribution is 0.0697. The number of urea groups is 1. The minimum absolute atomic E-state index is 0.0837. The summed E-state index contributed by atoms with van der Waals surface area (Å²) < 4.78 is 10.3. The third-order valence-corrected chi connectivity index (χ3v) is 3.70. The summed E-state index contributed by atoms with van der Waals surface area (Å²) in [5.41, 5.74) is 0.350. The number of nitrogens with zero attached hydrogens (tertiary/aromatic N) is 2. The fourth-order valence-electron chi connectivity index (χ4n) is 2.54. The van der Waals surface area contributed by atoms with E-state index in [-0.39, 0.29) is 28.4 Å². The molecule has 2 amide bonds. The van der Waals surface area contributed by atoms with E-state index in [1.807, 2.05) is 0 Å². The smallest absolute Gasteiger partial charge is 0.347 e. The van der Waals surface area contributed by atoms with E-state index >= 15 is 0 Å². The number of nitrogens with one attached hydrogen (secondary N) is 1. The summed E-state index contributed by atoms with van der Waals surface area (Å²) in [4.78, 5) is 24.1. The molecule has 0 saturated heterocycles. The molecule has 0 bridgehead atoms. The molecule has 1 aliphatic heterocycles. The van der Waals surface area contributed by atoms with Gasteiger partial charge >= 0.3 is 12.0 Å². The highest BCUT2D eigenvalue weighted by molar-refractivity contribution is 6.11. The highest BCUT2D eigenvalue weighted by atomic mass is 16.6. The highest BCUT2D eigenvalue weighted by Gasteiger charge is 2.34. The molecular formula is C16H15N3O6. The fraction of sp³-hybridized carbons (Fsp3) is 0.125. The van der Waals surface area contributed by atoms with Crippen LogP contribution in [0.1, 0.15) is 10.4 Å². The van der Waals surface area contributed by atoms with Gasteiger partial charge in [-0.1, -0.05) is 12.1 Å². The van der Waals surface area contributed by atoms with Gasteiger partial charge in [-0.3, -0.25) is 5.21 Å². The summed E-state index contributed by atoms with van der Waals surface area (Å²) in [6, 6.07) is 8.35. The van der Waals surface area contributed by atoms with Gasteiger partial charge in [-0.15, -0.1) is 0 Å². The van der Waals surface area contributed by atoms with Gasteiger partial charge in [0.05, 0.1) is 31.2 Å². The van der Waals surface area contributed by atoms with E-state index in [0.29, 0.717) is 10.9 Å². The number of benzene rings is 2. The second kappa shape index (κ2) is 6.21. The van der Waals surface area contributed by atoms with E-state index < -0.39 is 12.0 Å². The second-order valence-corrected chi connectivity index (χ2v) is 5.08. The van der Waals surface area contributed by atoms with Crippen molar-refractivity contribution in [3.05, 3.63) is 42.0 Å². The van der Waals surface area contributed by atoms with Crippen LogP contribution in [0.2, 0.25) is 0 Å². The number of carboxylic acids is 1. The van der Waals surface area contributed by atoms with Gasteiger partial charge in [0, 0.05) is 12.1 Å². The minimum atomic E-state index is -1.30. The molecule has 0 unspecified atom stereocenters. The van der Waals surface area contributed by atoms with E-state index in [9.17, 15) is 19.9 Å². The van der Waals surface area contributed by atoms with Crippen molar-refractivity contribution in [1.29, 1.82) is 0 Å². The summed E-state index contributed by atoms with van der Waals surface area (Å²) in [7, 11) is 2.75. The first kappa shape index (κ1) is 16.4. The topological polar surface area (TPSA) is 112 Å². The van der Waals surface area contributed by atoms with Crippen molar-refractivity contribution >= 4 is 29.1 Å². The van der Waals surface area contributed by atoms with Gasteiger partial charge < -0.3 is 19.9 Å². The van der Waals surface area contributed by atoms with Crippen molar-refractivity contribution in [3.8, 4) is 11.5 Å². The van der Waals surface area contributed by atoms with Gasteiger partial charge in [0.2, 0.25) is 0 Å². The number of hydrazine groups is 1. The lowest BCUT2D eigenvalue weighted by Crippen LogP contribution is -2.51. The summed E-state index contributed by atoms with van der Waals surface area (Å²) in [6.45, 7) is 0. The zero-order valence-electron chi connectivity index (χ0n) is 13.4. The van der Waals surface area contributed by atoms with Crippen LogP contribution >= 0.6 is 0 Å². The van der Waals surface area contributed by atoms with Gasteiger partial charge in [0.1, 0.15) is 5.69 Å². The largest absolute Gasteiger partial charge is 0.493 e. The first-order chi connectivity index (χ1) is 12.0. The SMILES string of the molecule is COc1cc(C(=O)O)c(N2C(=O)Nc3ccccc3N2O)cc1OC. The number of methoxy groups -OCH3 is 2. The number of amides is 2. The van der Waals surface area contributed by atoms with Crippen LogP contribution in [0.3, 0.4) is 0 Å². The van der Waals surface area contributed by atoms with Gasteiger partial charge in [-0.25, -0.2) is 9.59 Å². The lowest BCUT2D eigenvalue weighted by atomic mass is 10.1. The quantitative estimate of drug-likeness (QED) is 0.781. The van der Waals surface area contributed by atoms with Gasteiger partial charge in [0.15, 0.2) is 11.5 Å². The molecule has 25 heavy (non-hydrogen) atoms. The maximum Gasteiger partial charge on any atom is 0.347 e. The Morgan fingerprint density at radius 3 is 2.36 bits per heavy atom. The number of carbonyl (C=O) groups excluding carboxylic acids is 1. The number of rotatable bonds is 4. The molecule has 2 aromatic rings. The zero-order chi connectivity index (χ0) is 18.1. The third-order valence-electron chi connectivity index (χ3n) is 3.70. The minimum Gasteiger partial charge on any atom is -0.493 e. The van der Waals surface area contributed by atoms with Crippen molar-refractivity contribution < 1.29 is 29.4 Å². The number of fused-ring (bicyclic) bond motifs is 1. The number of anilines is 3. The molecule has 0 radical (unpaired) electrons. The molecule has 130 valence electrons. The van der Waals surface area contributed by atoms with Crippen LogP contribution in [0.5, 0.6) is 11.5 Å². The van der Waals surface area contributed by atoms with Gasteiger partial charge in [0.25, 0.3) is 0 Å². The number of hydrogen-bond acceptors (Lipinski definition) is 6. The predicted octanol–water partition coefficient (Wildman–Crippen LogP) is 2.56. The Morgan fingerprint density at radius 1 is 1.08 bits per heavy atom. The molecule has 0 saturated carbocycles.